The van der Waals surface area contributed by atoms with Crippen molar-refractivity contribution in [2.75, 3.05) is 69.8 Å². The highest BCUT2D eigenvalue weighted by atomic mass is 32.1. The molecule has 0 radical (unpaired) electrons. The Balaban J connectivity index is 1.06. The van der Waals surface area contributed by atoms with E-state index in [-0.39, 0.29) is 134 Å². The summed E-state index contributed by atoms with van der Waals surface area (Å²) < 4.78 is 5.92. The van der Waals surface area contributed by atoms with Crippen LogP contribution in [0.25, 0.3) is 33.4 Å². The van der Waals surface area contributed by atoms with E-state index in [0.717, 1.165) is 32.0 Å². The molecule has 0 bridgehead atoms. The van der Waals surface area contributed by atoms with Gasteiger partial charge >= 0.3 is 5.97 Å². The van der Waals surface area contributed by atoms with Crippen molar-refractivity contribution in [1.82, 2.24) is 63.8 Å². The third kappa shape index (κ3) is 30.6. The first-order valence-electron chi connectivity index (χ1n) is 38.4. The minimum Gasteiger partial charge on any atom is -0.508 e. The van der Waals surface area contributed by atoms with Gasteiger partial charge in [0.15, 0.2) is 16.5 Å². The number of hydrogen-bond acceptors (Lipinski definition) is 24. The van der Waals surface area contributed by atoms with Crippen molar-refractivity contribution in [3.05, 3.63) is 124 Å². The summed E-state index contributed by atoms with van der Waals surface area (Å²) in [5.41, 5.74) is 21.1. The Bertz CT molecular complexity index is 4720. The number of nitrogens with one attached hydrogen (secondary N) is 13. The number of guanidine groups is 1. The second-order valence-electron chi connectivity index (χ2n) is 28.3. The minimum absolute atomic E-state index is 0.0119. The quantitative estimate of drug-likeness (QED) is 0.00559. The number of phenolic OH excluding ortho intramolecular Hbond substituents is 1. The Hall–Kier alpha value is -13.3. The van der Waals surface area contributed by atoms with Crippen molar-refractivity contribution >= 4 is 134 Å². The van der Waals surface area contributed by atoms with Crippen LogP contribution in [-0.4, -0.2) is 228 Å². The van der Waals surface area contributed by atoms with Crippen molar-refractivity contribution in [1.29, 1.82) is 5.41 Å². The number of carboxylic acid groups (broad SMARTS) is 1. The zero-order chi connectivity index (χ0) is 88.4. The van der Waals surface area contributed by atoms with E-state index in [2.05, 4.69) is 74.0 Å². The molecular formula is C79H104N20O20S. The summed E-state index contributed by atoms with van der Waals surface area (Å²) in [5.74, 6) is -12.7. The number of aromatic hydroxyl groups is 1. The molecule has 12 amide bonds. The molecule has 1 aliphatic heterocycles. The van der Waals surface area contributed by atoms with E-state index in [4.69, 9.17) is 39.2 Å². The van der Waals surface area contributed by atoms with Gasteiger partial charge in [-0.2, -0.15) is 10.2 Å². The van der Waals surface area contributed by atoms with Crippen molar-refractivity contribution in [2.45, 2.75) is 153 Å². The van der Waals surface area contributed by atoms with Crippen molar-refractivity contribution < 1.29 is 92.3 Å². The molecule has 41 heteroatoms. The van der Waals surface area contributed by atoms with E-state index in [0.29, 0.717) is 40.7 Å². The molecule has 0 spiro atoms. The molecule has 0 saturated heterocycles. The predicted molar refractivity (Wildman–Crippen MR) is 445 cm³/mol. The molecular weight excluding hydrogens is 1580 g/mol. The molecule has 0 unspecified atom stereocenters. The second kappa shape index (κ2) is 47.2. The first-order chi connectivity index (χ1) is 56.9. The van der Waals surface area contributed by atoms with Crippen LogP contribution in [0.5, 0.6) is 5.75 Å². The van der Waals surface area contributed by atoms with Crippen LogP contribution in [0.15, 0.2) is 123 Å². The number of fused-ring (bicyclic) bond motifs is 2. The summed E-state index contributed by atoms with van der Waals surface area (Å²) in [6, 6.07) is 16.2. The van der Waals surface area contributed by atoms with E-state index >= 15 is 0 Å². The average molecular weight is 1690 g/mol. The molecule has 0 aromatic heterocycles. The van der Waals surface area contributed by atoms with Gasteiger partial charge in [-0.25, -0.2) is 4.79 Å². The van der Waals surface area contributed by atoms with Gasteiger partial charge in [0, 0.05) is 100 Å². The average Bonchev–Trinajstić information content (AvgIpc) is 0.745. The number of azo groups is 1. The number of rotatable bonds is 47. The Morgan fingerprint density at radius 1 is 0.542 bits per heavy atom. The first kappa shape index (κ1) is 95.6. The fraction of sp³-hybridized carbons (Fsp3) is 0.418. The SMILES string of the molecule is CC(=O)N[C@@H](CCC(N)=O)C(=O)N[C@H](C(=O)N[C@@H](C)C(=O)N[C@@H](CCCNC(=N)N)C(=O)N[C@@H](CCCCNC(=O)CCCc1ccc(N=Nc2ccc(N(C)C)cc2)cc1)C(=O)N[C@@H](CO)C(=O)N[C@H](C(=O)NCC(=O)NCC(=O)NCCCN(C(N)=S)c1ccc(-c2c3ccc(=O)cc-3oc3cc(O)ccc23)c(C(=O)O)c1)[C@@H](C)O)[C@@H](C)O. The van der Waals surface area contributed by atoms with Gasteiger partial charge in [0.2, 0.25) is 70.9 Å². The number of amides is 12. The monoisotopic (exact) mass is 1680 g/mol. The fourth-order valence-corrected chi connectivity index (χ4v) is 12.3. The number of unbranched alkanes of at least 4 members (excludes halogenated alkanes) is 1. The number of aliphatic hydroxyl groups is 3. The predicted octanol–water partition coefficient (Wildman–Crippen LogP) is -0.736. The maximum atomic E-state index is 14.5. The maximum absolute atomic E-state index is 14.5. The maximum Gasteiger partial charge on any atom is 0.336 e. The largest absolute Gasteiger partial charge is 0.508 e. The number of carbonyl (C=O) groups is 13. The molecule has 0 fully saturated rings. The lowest BCUT2D eigenvalue weighted by molar-refractivity contribution is -0.137. The molecule has 9 atom stereocenters. The van der Waals surface area contributed by atoms with E-state index in [1.165, 1.54) is 54.3 Å². The molecule has 120 heavy (non-hydrogen) atoms. The number of hydrogen-bond donors (Lipinski definition) is 21. The zero-order valence-electron chi connectivity index (χ0n) is 67.0. The van der Waals surface area contributed by atoms with Gasteiger partial charge in [-0.3, -0.25) is 67.7 Å². The van der Waals surface area contributed by atoms with Gasteiger partial charge in [-0.05, 0) is 175 Å². The van der Waals surface area contributed by atoms with Crippen LogP contribution in [0.3, 0.4) is 0 Å². The lowest BCUT2D eigenvalue weighted by atomic mass is 9.90. The van der Waals surface area contributed by atoms with E-state index in [1.807, 2.05) is 67.5 Å². The summed E-state index contributed by atoms with van der Waals surface area (Å²) >= 11 is 5.33. The molecule has 6 rings (SSSR count). The Kier molecular flexibility index (Phi) is 37.6. The topological polar surface area (TPSA) is 631 Å². The normalized spacial score (nSPS) is 13.3. The third-order valence-electron chi connectivity index (χ3n) is 18.5. The number of nitrogens with two attached hydrogens (primary N) is 3. The molecule has 2 aliphatic rings. The van der Waals surface area contributed by atoms with Gasteiger partial charge in [-0.15, -0.1) is 0 Å². The van der Waals surface area contributed by atoms with Gasteiger partial charge < -0.3 is 121 Å². The summed E-state index contributed by atoms with van der Waals surface area (Å²) in [6.45, 7) is 2.11. The number of anilines is 2. The Morgan fingerprint density at radius 2 is 1.08 bits per heavy atom. The standard InChI is InChI=1S/C79H104N20O20S/c1-42(89-76(116)69(44(3)102)95-73(113)59(90-45(4)103)30-31-63(80)106)70(110)91-58(14-10-33-86-78(81)82)71(111)92-57(13-7-8-32-84-64(107)15-9-12-46-16-18-47(19-17-46)96-97-48-20-22-49(23-21-48)98(5)6)72(112)93-60(41-100)74(114)94-68(43(2)101)75(115)88-40-66(109)87-39-65(108)85-34-11-35-99(79(83)120)50-24-27-53(56(36-50)77(117)118)67-54-28-25-51(104)37-61(54)119-62-38-52(105)26-29-55(62)67/h16-29,36-38,42-44,57-60,68-69,100-102,104H,7-15,30-35,39-41H2,1-6H3,(H2,80,106)(H2,83,120)(H,84,107)(H,85,108)(H,87,109)(H,88,115)(H,89,116)(H,90,103)(H,91,110)(H,92,111)(H,93,112)(H,94,114)(H,95,113)(H,117,118)(H4,81,82,86)/t42-,43+,44+,57-,58-,59-,60-,68-,69-/m0/s1. The van der Waals surface area contributed by atoms with Gasteiger partial charge in [0.1, 0.15) is 59.4 Å². The van der Waals surface area contributed by atoms with Crippen molar-refractivity contribution in [3.63, 3.8) is 0 Å². The molecule has 4 aromatic rings. The number of thiocarbonyl (C=S) groups is 1. The number of aliphatic hydroxyl groups excluding tert-OH is 3. The van der Waals surface area contributed by atoms with E-state index in [9.17, 15) is 92.7 Å². The smallest absolute Gasteiger partial charge is 0.336 e. The van der Waals surface area contributed by atoms with Crippen LogP contribution >= 0.6 is 12.2 Å². The highest BCUT2D eigenvalue weighted by Crippen LogP contribution is 2.43. The molecule has 646 valence electrons. The number of carboxylic acids is 1. The van der Waals surface area contributed by atoms with Crippen LogP contribution in [0.1, 0.15) is 108 Å². The van der Waals surface area contributed by atoms with Crippen LogP contribution in [0.4, 0.5) is 22.7 Å². The van der Waals surface area contributed by atoms with Gasteiger partial charge in [-0.1, -0.05) is 18.2 Å². The van der Waals surface area contributed by atoms with Crippen molar-refractivity contribution in [2.24, 2.45) is 27.4 Å². The van der Waals surface area contributed by atoms with E-state index < -0.39 is 151 Å². The first-order valence-corrected chi connectivity index (χ1v) is 38.8. The number of benzene rings is 5. The zero-order valence-corrected chi connectivity index (χ0v) is 67.8. The Labute approximate surface area is 695 Å². The molecule has 4 aromatic carbocycles. The van der Waals surface area contributed by atoms with E-state index in [1.54, 1.807) is 12.1 Å². The summed E-state index contributed by atoms with van der Waals surface area (Å²) in [6.07, 6.45) is -2.69. The summed E-state index contributed by atoms with van der Waals surface area (Å²) in [4.78, 5) is 188. The summed E-state index contributed by atoms with van der Waals surface area (Å²) in [5, 5.41) is 98.2. The van der Waals surface area contributed by atoms with Gasteiger partial charge in [0.25, 0.3) is 0 Å². The Morgan fingerprint density at radius 3 is 1.68 bits per heavy atom. The molecule has 1 heterocycles. The van der Waals surface area contributed by atoms with Crippen LogP contribution in [0, 0.1) is 5.41 Å². The molecule has 1 aliphatic carbocycles. The second-order valence-corrected chi connectivity index (χ2v) is 28.7. The van der Waals surface area contributed by atoms with Crippen LogP contribution < -0.4 is 96.2 Å². The van der Waals surface area contributed by atoms with Gasteiger partial charge in [0.05, 0.1) is 48.8 Å². The van der Waals surface area contributed by atoms with Crippen LogP contribution in [0.2, 0.25) is 0 Å². The van der Waals surface area contributed by atoms with Crippen molar-refractivity contribution in [3.8, 4) is 28.2 Å². The highest BCUT2D eigenvalue weighted by molar-refractivity contribution is 7.80. The third-order valence-corrected chi connectivity index (χ3v) is 18.7. The molecule has 0 saturated carbocycles. The number of nitrogens with zero attached hydrogens (tertiary/aromatic N) is 4. The number of carbonyl (C=O) groups excluding carboxylic acids is 12. The minimum atomic E-state index is -1.91. The summed E-state index contributed by atoms with van der Waals surface area (Å²) in [7, 11) is 3.87. The van der Waals surface area contributed by atoms with Crippen LogP contribution in [-0.2, 0) is 64.0 Å². The lowest BCUT2D eigenvalue weighted by Gasteiger charge is -2.27. The molecule has 40 nitrogen and oxygen atoms in total. The number of aryl methyl sites for hydroxylation is 1. The number of aromatic carboxylic acids is 1. The number of primary amides is 1. The fourth-order valence-electron chi connectivity index (χ4n) is 12.2. The molecule has 24 N–H and O–H groups in total. The lowest BCUT2D eigenvalue weighted by Crippen LogP contribution is -2.61. The highest BCUT2D eigenvalue weighted by Gasteiger charge is 2.36. The number of phenols is 1.